The summed E-state index contributed by atoms with van der Waals surface area (Å²) in [5, 5.41) is 17.3. The van der Waals surface area contributed by atoms with Crippen LogP contribution in [0.3, 0.4) is 0 Å². The topological polar surface area (TPSA) is 91.7 Å². The number of aliphatic hydroxyl groups is 1. The van der Waals surface area contributed by atoms with Crippen LogP contribution >= 0.6 is 0 Å². The summed E-state index contributed by atoms with van der Waals surface area (Å²) in [5.41, 5.74) is -1.51. The smallest absolute Gasteiger partial charge is 0.314 e. The normalized spacial score (nSPS) is 30.1. The second-order valence-electron chi connectivity index (χ2n) is 4.79. The van der Waals surface area contributed by atoms with Gasteiger partial charge in [0, 0.05) is 12.2 Å². The summed E-state index contributed by atoms with van der Waals surface area (Å²) in [7, 11) is -3.67. The van der Waals surface area contributed by atoms with Gasteiger partial charge in [0.15, 0.2) is 9.84 Å². The number of benzene rings is 1. The summed E-state index contributed by atoms with van der Waals surface area (Å²) in [4.78, 5) is 11.3. The summed E-state index contributed by atoms with van der Waals surface area (Å²) in [5.74, 6) is -2.89. The number of carboxylic acid groups (broad SMARTS) is 1. The van der Waals surface area contributed by atoms with Gasteiger partial charge in [-0.25, -0.2) is 12.8 Å². The lowest BCUT2D eigenvalue weighted by molar-refractivity contribution is -0.145. The second-order valence-corrected chi connectivity index (χ2v) is 6.95. The average Bonchev–Trinajstić information content (AvgIpc) is 2.99. The number of aliphatic hydroxyl groups excluding tert-OH is 1. The zero-order valence-corrected chi connectivity index (χ0v) is 10.9. The van der Waals surface area contributed by atoms with Crippen LogP contribution in [0.1, 0.15) is 11.5 Å². The SMILES string of the molecule is CS(=O)(=O)[C@@H]1[C@H](c2cccc(F)c2)[C@]1(CO)C(=O)O. The van der Waals surface area contributed by atoms with Gasteiger partial charge < -0.3 is 10.2 Å². The molecule has 0 heterocycles. The highest BCUT2D eigenvalue weighted by molar-refractivity contribution is 7.91. The van der Waals surface area contributed by atoms with Crippen LogP contribution in [0.4, 0.5) is 4.39 Å². The van der Waals surface area contributed by atoms with E-state index in [1.807, 2.05) is 0 Å². The molecule has 0 bridgehead atoms. The molecule has 0 saturated heterocycles. The van der Waals surface area contributed by atoms with Crippen molar-refractivity contribution < 1.29 is 27.8 Å². The minimum atomic E-state index is -3.67. The van der Waals surface area contributed by atoms with Crippen LogP contribution in [-0.2, 0) is 14.6 Å². The van der Waals surface area contributed by atoms with Crippen molar-refractivity contribution in [1.82, 2.24) is 0 Å². The monoisotopic (exact) mass is 288 g/mol. The van der Waals surface area contributed by atoms with Crippen molar-refractivity contribution in [2.45, 2.75) is 11.2 Å². The van der Waals surface area contributed by atoms with Gasteiger partial charge in [-0.1, -0.05) is 12.1 Å². The molecule has 1 aliphatic carbocycles. The third-order valence-electron chi connectivity index (χ3n) is 3.59. The number of hydrogen-bond donors (Lipinski definition) is 2. The summed E-state index contributed by atoms with van der Waals surface area (Å²) in [6, 6.07) is 5.13. The van der Waals surface area contributed by atoms with Crippen LogP contribution in [0.5, 0.6) is 0 Å². The van der Waals surface area contributed by atoms with Crippen molar-refractivity contribution in [3.8, 4) is 0 Å². The van der Waals surface area contributed by atoms with Gasteiger partial charge in [0.1, 0.15) is 11.2 Å². The molecule has 104 valence electrons. The van der Waals surface area contributed by atoms with E-state index in [2.05, 4.69) is 0 Å². The number of aliphatic carboxylic acids is 1. The maximum atomic E-state index is 13.2. The summed E-state index contributed by atoms with van der Waals surface area (Å²) in [6.45, 7) is -0.804. The van der Waals surface area contributed by atoms with Crippen LogP contribution in [0.2, 0.25) is 0 Å². The molecule has 1 aliphatic rings. The molecule has 5 nitrogen and oxygen atoms in total. The minimum Gasteiger partial charge on any atom is -0.481 e. The number of hydrogen-bond acceptors (Lipinski definition) is 4. The summed E-state index contributed by atoms with van der Waals surface area (Å²) >= 11 is 0. The zero-order chi connectivity index (χ0) is 14.4. The van der Waals surface area contributed by atoms with Crippen LogP contribution in [0, 0.1) is 11.2 Å². The van der Waals surface area contributed by atoms with Gasteiger partial charge in [-0.15, -0.1) is 0 Å². The molecule has 3 atom stereocenters. The molecule has 19 heavy (non-hydrogen) atoms. The van der Waals surface area contributed by atoms with Gasteiger partial charge in [-0.3, -0.25) is 4.79 Å². The Kier molecular flexibility index (Phi) is 3.14. The maximum Gasteiger partial charge on any atom is 0.314 e. The van der Waals surface area contributed by atoms with Crippen molar-refractivity contribution in [2.24, 2.45) is 5.41 Å². The molecule has 0 aromatic heterocycles. The third kappa shape index (κ3) is 2.02. The first kappa shape index (κ1) is 14.0. The fraction of sp³-hybridized carbons (Fsp3) is 0.417. The quantitative estimate of drug-likeness (QED) is 0.836. The Morgan fingerprint density at radius 1 is 1.47 bits per heavy atom. The molecule has 0 aliphatic heterocycles. The van der Waals surface area contributed by atoms with Gasteiger partial charge >= 0.3 is 5.97 Å². The lowest BCUT2D eigenvalue weighted by Gasteiger charge is -2.08. The molecule has 1 aromatic carbocycles. The van der Waals surface area contributed by atoms with Crippen LogP contribution in [0.15, 0.2) is 24.3 Å². The largest absolute Gasteiger partial charge is 0.481 e. The van der Waals surface area contributed by atoms with Gasteiger partial charge in [-0.2, -0.15) is 0 Å². The van der Waals surface area contributed by atoms with E-state index in [9.17, 15) is 27.8 Å². The predicted molar refractivity (Wildman–Crippen MR) is 64.9 cm³/mol. The van der Waals surface area contributed by atoms with E-state index in [0.29, 0.717) is 0 Å². The lowest BCUT2D eigenvalue weighted by atomic mass is 10.00. The van der Waals surface area contributed by atoms with Crippen LogP contribution < -0.4 is 0 Å². The molecule has 1 fully saturated rings. The van der Waals surface area contributed by atoms with Crippen molar-refractivity contribution in [3.05, 3.63) is 35.6 Å². The van der Waals surface area contributed by atoms with Crippen molar-refractivity contribution in [3.63, 3.8) is 0 Å². The van der Waals surface area contributed by atoms with E-state index in [1.54, 1.807) is 0 Å². The van der Waals surface area contributed by atoms with Crippen molar-refractivity contribution >= 4 is 15.8 Å². The highest BCUT2D eigenvalue weighted by Gasteiger charge is 2.74. The van der Waals surface area contributed by atoms with Gasteiger partial charge in [0.2, 0.25) is 0 Å². The van der Waals surface area contributed by atoms with Gasteiger partial charge in [-0.05, 0) is 17.7 Å². The molecule has 1 aromatic rings. The zero-order valence-electron chi connectivity index (χ0n) is 10.1. The average molecular weight is 288 g/mol. The van der Waals surface area contributed by atoms with Crippen molar-refractivity contribution in [2.75, 3.05) is 12.9 Å². The molecule has 1 saturated carbocycles. The van der Waals surface area contributed by atoms with E-state index in [1.165, 1.54) is 18.2 Å². The number of carboxylic acids is 1. The third-order valence-corrected chi connectivity index (χ3v) is 5.20. The highest BCUT2D eigenvalue weighted by atomic mass is 32.2. The Morgan fingerprint density at radius 2 is 2.11 bits per heavy atom. The summed E-state index contributed by atoms with van der Waals surface area (Å²) < 4.78 is 36.5. The highest BCUT2D eigenvalue weighted by Crippen LogP contribution is 2.62. The Bertz CT molecular complexity index is 627. The molecule has 0 unspecified atom stereocenters. The molecular weight excluding hydrogens is 275 g/mol. The molecule has 0 amide bonds. The predicted octanol–water partition coefficient (Wildman–Crippen LogP) is 0.399. The van der Waals surface area contributed by atoms with Crippen LogP contribution in [-0.4, -0.2) is 42.7 Å². The molecule has 2 N–H and O–H groups in total. The number of sulfone groups is 1. The van der Waals surface area contributed by atoms with Gasteiger partial charge in [0.05, 0.1) is 11.9 Å². The fourth-order valence-corrected chi connectivity index (χ4v) is 4.62. The molecule has 0 spiro atoms. The summed E-state index contributed by atoms with van der Waals surface area (Å²) in [6.07, 6.45) is 0.921. The number of halogens is 1. The van der Waals surface area contributed by atoms with Crippen LogP contribution in [0.25, 0.3) is 0 Å². The Morgan fingerprint density at radius 3 is 2.47 bits per heavy atom. The van der Waals surface area contributed by atoms with E-state index in [0.717, 1.165) is 12.3 Å². The molecule has 2 rings (SSSR count). The Labute approximate surface area is 109 Å². The Hall–Kier alpha value is -1.47. The number of carbonyl (C=O) groups is 1. The fourth-order valence-electron chi connectivity index (χ4n) is 2.72. The lowest BCUT2D eigenvalue weighted by Crippen LogP contribution is -2.27. The van der Waals surface area contributed by atoms with Gasteiger partial charge in [0.25, 0.3) is 0 Å². The maximum absolute atomic E-state index is 13.2. The molecular formula is C12H13FO5S. The minimum absolute atomic E-state index is 0.270. The van der Waals surface area contributed by atoms with E-state index >= 15 is 0 Å². The molecule has 7 heteroatoms. The second kappa shape index (κ2) is 4.28. The van der Waals surface area contributed by atoms with E-state index in [4.69, 9.17) is 0 Å². The van der Waals surface area contributed by atoms with Crippen molar-refractivity contribution in [1.29, 1.82) is 0 Å². The molecule has 0 radical (unpaired) electrons. The first-order chi connectivity index (χ1) is 8.75. The first-order valence-electron chi connectivity index (χ1n) is 5.53. The number of rotatable bonds is 4. The van der Waals surface area contributed by atoms with E-state index < -0.39 is 44.8 Å². The standard InChI is InChI=1S/C12H13FO5S/c1-19(17,18)10-9(12(10,6-14)11(15)16)7-3-2-4-8(13)5-7/h2-5,9-10,14H,6H2,1H3,(H,15,16)/t9-,10+,12-/m0/s1. The van der Waals surface area contributed by atoms with E-state index in [-0.39, 0.29) is 5.56 Å². The Balaban J connectivity index is 2.53. The first-order valence-corrected chi connectivity index (χ1v) is 7.49.